The van der Waals surface area contributed by atoms with Crippen molar-refractivity contribution in [1.29, 1.82) is 0 Å². The molecule has 1 aromatic carbocycles. The normalized spacial score (nSPS) is 14.1. The van der Waals surface area contributed by atoms with Crippen LogP contribution < -0.4 is 33.2 Å². The summed E-state index contributed by atoms with van der Waals surface area (Å²) in [5, 5.41) is 26.6. The number of benzene rings is 1. The van der Waals surface area contributed by atoms with E-state index >= 15 is 0 Å². The predicted octanol–water partition coefficient (Wildman–Crippen LogP) is -1.47. The second-order valence-corrected chi connectivity index (χ2v) is 8.80. The molecule has 13 heteroatoms. The molecule has 0 aromatic heterocycles. The lowest BCUT2D eigenvalue weighted by molar-refractivity contribution is -0.142. The van der Waals surface area contributed by atoms with Gasteiger partial charge >= 0.3 is 5.97 Å². The summed E-state index contributed by atoms with van der Waals surface area (Å²) in [4.78, 5) is 53.7. The van der Waals surface area contributed by atoms with Gasteiger partial charge in [-0.15, -0.1) is 0 Å². The van der Waals surface area contributed by atoms with Gasteiger partial charge in [0.1, 0.15) is 23.9 Å². The van der Waals surface area contributed by atoms with Gasteiger partial charge < -0.3 is 43.4 Å². The number of phenolic OH excluding ortho intramolecular Hbond substituents is 1. The molecular weight excluding hydrogens is 470 g/mol. The number of hydrogen-bond donors (Lipinski definition) is 8. The van der Waals surface area contributed by atoms with Crippen molar-refractivity contribution in [3.63, 3.8) is 0 Å². The Hall–Kier alpha value is -3.87. The minimum Gasteiger partial charge on any atom is -0.508 e. The van der Waals surface area contributed by atoms with Crippen LogP contribution in [0.15, 0.2) is 29.3 Å². The molecule has 1 aromatic rings. The smallest absolute Gasteiger partial charge is 0.326 e. The lowest BCUT2D eigenvalue weighted by Crippen LogP contribution is -2.58. The van der Waals surface area contributed by atoms with E-state index in [1.54, 1.807) is 26.0 Å². The van der Waals surface area contributed by atoms with E-state index in [9.17, 15) is 29.4 Å². The van der Waals surface area contributed by atoms with Gasteiger partial charge in [0.25, 0.3) is 0 Å². The molecule has 0 aliphatic heterocycles. The lowest BCUT2D eigenvalue weighted by Gasteiger charge is -2.27. The number of phenols is 1. The zero-order valence-electron chi connectivity index (χ0n) is 20.7. The van der Waals surface area contributed by atoms with Gasteiger partial charge in [0.15, 0.2) is 5.96 Å². The van der Waals surface area contributed by atoms with E-state index in [4.69, 9.17) is 17.2 Å². The summed E-state index contributed by atoms with van der Waals surface area (Å²) in [6.07, 6.45) is 0.506. The number of carboxylic acids is 1. The number of aromatic hydroxyl groups is 1. The lowest BCUT2D eigenvalue weighted by atomic mass is 10.00. The summed E-state index contributed by atoms with van der Waals surface area (Å²) in [5.41, 5.74) is 16.8. The standard InChI is InChI=1S/C23H37N7O6/c1-12(2)18(21(34)29-17(22(35)36)11-14-6-8-15(31)9-7-14)30-20(33)16(28-19(32)13(3)24)5-4-10-27-23(25)26/h6-9,12-13,16-18,31H,4-5,10-11,24H2,1-3H3,(H,28,32)(H,29,34)(H,30,33)(H,35,36)(H4,25,26,27). The van der Waals surface area contributed by atoms with E-state index in [1.165, 1.54) is 19.1 Å². The van der Waals surface area contributed by atoms with Gasteiger partial charge in [0, 0.05) is 13.0 Å². The van der Waals surface area contributed by atoms with Gasteiger partial charge in [-0.25, -0.2) is 4.79 Å². The maximum atomic E-state index is 13.0. The van der Waals surface area contributed by atoms with Gasteiger partial charge in [0.2, 0.25) is 17.7 Å². The molecule has 0 saturated carbocycles. The summed E-state index contributed by atoms with van der Waals surface area (Å²) >= 11 is 0. The number of hydrogen-bond acceptors (Lipinski definition) is 7. The van der Waals surface area contributed by atoms with E-state index in [1.807, 2.05) is 0 Å². The van der Waals surface area contributed by atoms with Crippen LogP contribution in [0.3, 0.4) is 0 Å². The van der Waals surface area contributed by atoms with Crippen molar-refractivity contribution in [2.75, 3.05) is 6.54 Å². The molecule has 0 aliphatic carbocycles. The highest BCUT2D eigenvalue weighted by atomic mass is 16.4. The highest BCUT2D eigenvalue weighted by molar-refractivity contribution is 5.94. The Bertz CT molecular complexity index is 929. The van der Waals surface area contributed by atoms with Gasteiger partial charge in [-0.05, 0) is 43.4 Å². The maximum absolute atomic E-state index is 13.0. The number of carboxylic acid groups (broad SMARTS) is 1. The molecule has 0 saturated heterocycles. The summed E-state index contributed by atoms with van der Waals surface area (Å²) < 4.78 is 0. The first-order valence-electron chi connectivity index (χ1n) is 11.5. The third-order valence-corrected chi connectivity index (χ3v) is 5.23. The quantitative estimate of drug-likeness (QED) is 0.0832. The molecule has 4 atom stereocenters. The first-order valence-corrected chi connectivity index (χ1v) is 11.5. The molecule has 0 fully saturated rings. The number of amides is 3. The number of aliphatic imine (C=N–C) groups is 1. The minimum atomic E-state index is -1.27. The van der Waals surface area contributed by atoms with Gasteiger partial charge in [-0.3, -0.25) is 19.4 Å². The SMILES string of the molecule is CC(N)C(=O)NC(CCCN=C(N)N)C(=O)NC(C(=O)NC(Cc1ccc(O)cc1)C(=O)O)C(C)C. The van der Waals surface area contributed by atoms with Crippen LogP contribution in [0.25, 0.3) is 0 Å². The third-order valence-electron chi connectivity index (χ3n) is 5.23. The van der Waals surface area contributed by atoms with Crippen molar-refractivity contribution in [1.82, 2.24) is 16.0 Å². The molecule has 1 rings (SSSR count). The van der Waals surface area contributed by atoms with Crippen LogP contribution in [-0.2, 0) is 25.6 Å². The molecule has 0 aliphatic rings. The summed E-state index contributed by atoms with van der Waals surface area (Å²) in [6.45, 7) is 5.07. The van der Waals surface area contributed by atoms with Gasteiger partial charge in [-0.1, -0.05) is 26.0 Å². The zero-order valence-corrected chi connectivity index (χ0v) is 20.7. The van der Waals surface area contributed by atoms with Crippen LogP contribution in [0.5, 0.6) is 5.75 Å². The maximum Gasteiger partial charge on any atom is 0.326 e. The second-order valence-electron chi connectivity index (χ2n) is 8.80. The number of rotatable bonds is 14. The van der Waals surface area contributed by atoms with Crippen LogP contribution in [0.1, 0.15) is 39.2 Å². The van der Waals surface area contributed by atoms with E-state index in [2.05, 4.69) is 20.9 Å². The number of guanidine groups is 1. The molecule has 11 N–H and O–H groups in total. The largest absolute Gasteiger partial charge is 0.508 e. The highest BCUT2D eigenvalue weighted by Crippen LogP contribution is 2.12. The van der Waals surface area contributed by atoms with Crippen molar-refractivity contribution >= 4 is 29.7 Å². The predicted molar refractivity (Wildman–Crippen MR) is 134 cm³/mol. The van der Waals surface area contributed by atoms with Gasteiger partial charge in [0.05, 0.1) is 6.04 Å². The Labute approximate surface area is 209 Å². The van der Waals surface area contributed by atoms with Crippen LogP contribution in [0.4, 0.5) is 0 Å². The fraction of sp³-hybridized carbons (Fsp3) is 0.522. The summed E-state index contributed by atoms with van der Waals surface area (Å²) in [7, 11) is 0. The Morgan fingerprint density at radius 1 is 0.917 bits per heavy atom. The van der Waals surface area contributed by atoms with Crippen molar-refractivity contribution in [3.8, 4) is 5.75 Å². The Morgan fingerprint density at radius 2 is 1.50 bits per heavy atom. The number of nitrogens with zero attached hydrogens (tertiary/aromatic N) is 1. The Morgan fingerprint density at radius 3 is 2.00 bits per heavy atom. The van der Waals surface area contributed by atoms with E-state index in [-0.39, 0.29) is 31.1 Å². The molecule has 3 amide bonds. The molecule has 200 valence electrons. The van der Waals surface area contributed by atoms with E-state index in [0.717, 1.165) is 0 Å². The fourth-order valence-electron chi connectivity index (χ4n) is 3.19. The molecule has 0 spiro atoms. The topological polar surface area (TPSA) is 235 Å². The van der Waals surface area contributed by atoms with Crippen molar-refractivity contribution in [2.45, 2.75) is 64.2 Å². The average Bonchev–Trinajstić information content (AvgIpc) is 2.79. The van der Waals surface area contributed by atoms with Crippen LogP contribution in [0.2, 0.25) is 0 Å². The van der Waals surface area contributed by atoms with Crippen LogP contribution in [-0.4, -0.2) is 70.6 Å². The van der Waals surface area contributed by atoms with Crippen LogP contribution >= 0.6 is 0 Å². The number of nitrogens with two attached hydrogens (primary N) is 3. The number of carbonyl (C=O) groups excluding carboxylic acids is 3. The monoisotopic (exact) mass is 507 g/mol. The number of aliphatic carboxylic acids is 1. The highest BCUT2D eigenvalue weighted by Gasteiger charge is 2.31. The first kappa shape index (κ1) is 30.2. The molecule has 0 bridgehead atoms. The molecule has 0 radical (unpaired) electrons. The Balaban J connectivity index is 2.96. The second kappa shape index (κ2) is 14.5. The minimum absolute atomic E-state index is 0.0289. The molecule has 0 heterocycles. The van der Waals surface area contributed by atoms with Crippen molar-refractivity contribution in [3.05, 3.63) is 29.8 Å². The summed E-state index contributed by atoms with van der Waals surface area (Å²) in [6, 6.07) is 1.70. The number of carbonyl (C=O) groups is 4. The van der Waals surface area contributed by atoms with Gasteiger partial charge in [-0.2, -0.15) is 0 Å². The number of nitrogens with one attached hydrogen (secondary N) is 3. The van der Waals surface area contributed by atoms with E-state index in [0.29, 0.717) is 12.0 Å². The molecular formula is C23H37N7O6. The fourth-order valence-corrected chi connectivity index (χ4v) is 3.19. The first-order chi connectivity index (χ1) is 16.8. The third kappa shape index (κ3) is 10.6. The van der Waals surface area contributed by atoms with Crippen molar-refractivity contribution < 1.29 is 29.4 Å². The van der Waals surface area contributed by atoms with E-state index < -0.39 is 53.8 Å². The average molecular weight is 508 g/mol. The van der Waals surface area contributed by atoms with Crippen molar-refractivity contribution in [2.24, 2.45) is 28.1 Å². The molecule has 13 nitrogen and oxygen atoms in total. The summed E-state index contributed by atoms with van der Waals surface area (Å²) in [5.74, 6) is -3.61. The Kier molecular flexibility index (Phi) is 12.2. The zero-order chi connectivity index (χ0) is 27.4. The van der Waals surface area contributed by atoms with Crippen LogP contribution in [0, 0.1) is 5.92 Å². The molecule has 4 unspecified atom stereocenters. The molecule has 36 heavy (non-hydrogen) atoms.